The van der Waals surface area contributed by atoms with E-state index in [0.29, 0.717) is 0 Å². The molecule has 3 N–H and O–H groups in total. The number of amides is 3. The van der Waals surface area contributed by atoms with Gasteiger partial charge in [-0.2, -0.15) is 35.0 Å². The molecule has 0 bridgehead atoms. The number of nitrogens with zero attached hydrogens (tertiary/aromatic N) is 1. The van der Waals surface area contributed by atoms with Gasteiger partial charge in [-0.05, 0) is 0 Å². The summed E-state index contributed by atoms with van der Waals surface area (Å²) in [5.41, 5.74) is 0. The molecule has 0 aromatic carbocycles. The third-order valence-electron chi connectivity index (χ3n) is 3.58. The van der Waals surface area contributed by atoms with Gasteiger partial charge in [0, 0.05) is 39.3 Å². The molecule has 0 aliphatic carbocycles. The highest BCUT2D eigenvalue weighted by atomic mass is 32.2. The van der Waals surface area contributed by atoms with Gasteiger partial charge >= 0.3 is 33.5 Å². The van der Waals surface area contributed by atoms with Crippen LogP contribution in [0.5, 0.6) is 0 Å². The average Bonchev–Trinajstić information content (AvgIpc) is 2.79. The second-order valence-corrected chi connectivity index (χ2v) is 9.10. The molecule has 0 fully saturated rings. The van der Waals surface area contributed by atoms with Gasteiger partial charge in [-0.25, -0.2) is 8.42 Å². The molecular weight excluding hydrogens is 602 g/mol. The van der Waals surface area contributed by atoms with Crippen LogP contribution in [0.4, 0.5) is 26.3 Å². The highest BCUT2D eigenvalue weighted by molar-refractivity contribution is 7.96. The molecule has 0 radical (unpaired) electrons. The summed E-state index contributed by atoms with van der Waals surface area (Å²) in [5, 5.41) is 15.3. The third-order valence-corrected chi connectivity index (χ3v) is 5.43. The lowest BCUT2D eigenvalue weighted by molar-refractivity contribution is -0.777. The average molecular weight is 617 g/mol. The largest absolute Gasteiger partial charge is 0.743 e. The lowest BCUT2D eigenvalue weighted by atomic mass is 10.4. The number of rotatable bonds is 19. The van der Waals surface area contributed by atoms with E-state index in [4.69, 9.17) is 0 Å². The number of alkyl halides is 6. The van der Waals surface area contributed by atoms with Crippen LogP contribution in [-0.2, 0) is 43.2 Å². The van der Waals surface area contributed by atoms with E-state index < -0.39 is 107 Å². The number of hydrogen-bond acceptors (Lipinski definition) is 15. The van der Waals surface area contributed by atoms with Crippen molar-refractivity contribution in [2.45, 2.75) is 15.8 Å². The van der Waals surface area contributed by atoms with Crippen LogP contribution in [0.25, 0.3) is 0 Å². The van der Waals surface area contributed by atoms with Crippen molar-refractivity contribution in [1.29, 1.82) is 0 Å². The summed E-state index contributed by atoms with van der Waals surface area (Å²) in [6.45, 7) is -3.59. The molecule has 0 heterocycles. The lowest BCUT2D eigenvalue weighted by Crippen LogP contribution is -2.49. The highest BCUT2D eigenvalue weighted by Crippen LogP contribution is 2.30. The Labute approximate surface area is 211 Å². The lowest BCUT2D eigenvalue weighted by Gasteiger charge is -2.25. The minimum Gasteiger partial charge on any atom is -0.743 e. The van der Waals surface area contributed by atoms with E-state index in [0.717, 1.165) is 4.90 Å². The van der Waals surface area contributed by atoms with Crippen LogP contribution < -0.4 is 26.5 Å². The van der Waals surface area contributed by atoms with E-state index in [1.54, 1.807) is 10.6 Å². The Balaban J connectivity index is 5.05. The summed E-state index contributed by atoms with van der Waals surface area (Å²) >= 11 is -1.91. The van der Waals surface area contributed by atoms with Crippen molar-refractivity contribution in [2.24, 2.45) is 0 Å². The van der Waals surface area contributed by atoms with E-state index in [2.05, 4.69) is 18.7 Å². The number of halogens is 6. The second kappa shape index (κ2) is 15.7. The van der Waals surface area contributed by atoms with Crippen LogP contribution in [-0.4, -0.2) is 90.6 Å². The van der Waals surface area contributed by atoms with E-state index in [1.165, 1.54) is 5.32 Å². The first kappa shape index (κ1) is 35.3. The summed E-state index contributed by atoms with van der Waals surface area (Å²) < 4.78 is 118. The number of carbonyl (C=O) groups excluding carboxylic acids is 3. The van der Waals surface area contributed by atoms with Gasteiger partial charge in [-0.1, -0.05) is 0 Å². The third kappa shape index (κ3) is 12.6. The molecule has 37 heavy (non-hydrogen) atoms. The molecular formula is C12H15F6N4O12S3-3. The molecule has 0 saturated heterocycles. The summed E-state index contributed by atoms with van der Waals surface area (Å²) in [5.74, 6) is -6.49. The van der Waals surface area contributed by atoms with Crippen LogP contribution in [0.2, 0.25) is 0 Å². The minimum atomic E-state index is -6.37. The molecule has 0 aromatic heterocycles. The van der Waals surface area contributed by atoms with Crippen LogP contribution in [0.3, 0.4) is 0 Å². The Bertz CT molecular complexity index is 833. The summed E-state index contributed by atoms with van der Waals surface area (Å²) in [4.78, 5) is 35.1. The smallest absolute Gasteiger partial charge is 0.410 e. The zero-order chi connectivity index (χ0) is 28.9. The monoisotopic (exact) mass is 617 g/mol. The van der Waals surface area contributed by atoms with Crippen molar-refractivity contribution >= 4 is 51.9 Å². The molecule has 0 aliphatic heterocycles. The zero-order valence-electron chi connectivity index (χ0n) is 17.6. The first-order valence-corrected chi connectivity index (χ1v) is 11.8. The van der Waals surface area contributed by atoms with Crippen LogP contribution in [0.1, 0.15) is 0 Å². The van der Waals surface area contributed by atoms with E-state index in [-0.39, 0.29) is 0 Å². The molecule has 0 rings (SSSR count). The zero-order valence-corrected chi connectivity index (χ0v) is 20.0. The van der Waals surface area contributed by atoms with Gasteiger partial charge in [-0.15, -0.1) is 0 Å². The maximum absolute atomic E-state index is 13.4. The van der Waals surface area contributed by atoms with Crippen molar-refractivity contribution in [3.63, 3.8) is 0 Å². The van der Waals surface area contributed by atoms with E-state index >= 15 is 0 Å². The molecule has 16 nitrogen and oxygen atoms in total. The Hall–Kier alpha value is -1.68. The van der Waals surface area contributed by atoms with Crippen molar-refractivity contribution in [3.05, 3.63) is 0 Å². The van der Waals surface area contributed by atoms with Crippen molar-refractivity contribution in [1.82, 2.24) is 20.9 Å². The fourth-order valence-corrected chi connectivity index (χ4v) is 2.75. The minimum absolute atomic E-state index is 0.467. The molecule has 3 amide bonds. The standard InChI is InChI=1S/C12H18F6N4O12S3/c13-10(14,35-33-31-26)7(23)19-1-4-22(5-2-20-8(24)11(15,16)36-34-32-27)6-3-21-9(25)12(17,18)37(28,29)30/h26-27H,1-6H2,(H,19,23)(H,20,24)(H,21,25)(H,28,29,30)/p-3. The van der Waals surface area contributed by atoms with E-state index in [9.17, 15) is 64.2 Å². The molecule has 0 spiro atoms. The Morgan fingerprint density at radius 1 is 0.730 bits per heavy atom. The van der Waals surface area contributed by atoms with Crippen LogP contribution >= 0.6 is 24.1 Å². The van der Waals surface area contributed by atoms with Gasteiger partial charge < -0.3 is 31.0 Å². The fourth-order valence-electron chi connectivity index (χ4n) is 1.93. The molecule has 218 valence electrons. The summed E-state index contributed by atoms with van der Waals surface area (Å²) in [6.07, 6.45) is 0. The van der Waals surface area contributed by atoms with Crippen LogP contribution in [0.15, 0.2) is 0 Å². The first-order chi connectivity index (χ1) is 16.9. The highest BCUT2D eigenvalue weighted by Gasteiger charge is 2.46. The van der Waals surface area contributed by atoms with Gasteiger partial charge in [0.15, 0.2) is 10.1 Å². The quantitative estimate of drug-likeness (QED) is 0.0424. The number of hydrogen-bond donors (Lipinski definition) is 3. The van der Waals surface area contributed by atoms with Crippen molar-refractivity contribution in [3.8, 4) is 0 Å². The van der Waals surface area contributed by atoms with Crippen molar-refractivity contribution in [2.75, 3.05) is 39.3 Å². The molecule has 0 aliphatic rings. The Morgan fingerprint density at radius 3 is 1.35 bits per heavy atom. The van der Waals surface area contributed by atoms with Gasteiger partial charge in [-0.3, -0.25) is 29.4 Å². The topological polar surface area (TPSA) is 231 Å². The summed E-state index contributed by atoms with van der Waals surface area (Å²) in [7, 11) is -6.37. The van der Waals surface area contributed by atoms with Gasteiger partial charge in [0.2, 0.25) is 0 Å². The Kier molecular flexibility index (Phi) is 15.0. The van der Waals surface area contributed by atoms with Gasteiger partial charge in [0.25, 0.3) is 0 Å². The van der Waals surface area contributed by atoms with E-state index in [1.807, 2.05) is 0 Å². The predicted octanol–water partition coefficient (Wildman–Crippen LogP) is -3.30. The van der Waals surface area contributed by atoms with Crippen LogP contribution in [0, 0.1) is 0 Å². The normalized spacial score (nSPS) is 12.9. The fraction of sp³-hybridized carbons (Fsp3) is 0.750. The molecule has 0 unspecified atom stereocenters. The predicted molar refractivity (Wildman–Crippen MR) is 99.5 cm³/mol. The van der Waals surface area contributed by atoms with Gasteiger partial charge in [0.1, 0.15) is 24.1 Å². The molecule has 0 saturated carbocycles. The molecule has 25 heteroatoms. The van der Waals surface area contributed by atoms with Gasteiger partial charge in [0.05, 0.1) is 0 Å². The number of carbonyl (C=O) groups is 3. The SMILES string of the molecule is O=C(NCCN(CCNC(=O)C(F)(F)SOO[O-])CCNC(=O)C(F)(F)S(=O)(=O)[O-])C(F)(F)SOO[O-]. The molecule has 0 aromatic rings. The van der Waals surface area contributed by atoms with Crippen molar-refractivity contribution < 1.29 is 83.0 Å². The number of nitrogens with one attached hydrogen (secondary N) is 3. The second-order valence-electron chi connectivity index (χ2n) is 6.05. The molecule has 0 atom stereocenters. The first-order valence-electron chi connectivity index (χ1n) is 8.87. The Morgan fingerprint density at radius 2 is 1.05 bits per heavy atom. The maximum atomic E-state index is 13.4. The summed E-state index contributed by atoms with van der Waals surface area (Å²) in [6, 6.07) is 0. The maximum Gasteiger partial charge on any atom is 0.410 e.